The van der Waals surface area contributed by atoms with Crippen LogP contribution in [0.3, 0.4) is 0 Å². The number of aromatic nitrogens is 1. The van der Waals surface area contributed by atoms with Gasteiger partial charge in [0.05, 0.1) is 12.2 Å². The molecule has 1 aromatic heterocycles. The first-order chi connectivity index (χ1) is 12.3. The van der Waals surface area contributed by atoms with Gasteiger partial charge in [0.25, 0.3) is 0 Å². The zero-order valence-corrected chi connectivity index (χ0v) is 18.1. The highest BCUT2D eigenvalue weighted by atomic mass is 127. The Balaban J connectivity index is 0.00000196. The standard InChI is InChI=1S/C20H26N4S.HI/c21-20(22-12-14-5-4-6-14)23-13-19-24-17-10-9-16(11-18(17)25-19)15-7-2-1-3-8-15;/h1-3,7-8,14,16H,4-6,9-13H2,(H3,21,22,23);1H. The van der Waals surface area contributed by atoms with Crippen molar-refractivity contribution in [1.29, 1.82) is 0 Å². The van der Waals surface area contributed by atoms with Crippen molar-refractivity contribution in [2.24, 2.45) is 16.6 Å². The molecule has 1 saturated carbocycles. The van der Waals surface area contributed by atoms with Gasteiger partial charge >= 0.3 is 0 Å². The molecule has 1 fully saturated rings. The number of benzene rings is 1. The Kier molecular flexibility index (Phi) is 6.92. The van der Waals surface area contributed by atoms with Crippen molar-refractivity contribution in [1.82, 2.24) is 10.3 Å². The van der Waals surface area contributed by atoms with Crippen molar-refractivity contribution in [2.75, 3.05) is 6.54 Å². The fourth-order valence-corrected chi connectivity index (χ4v) is 4.78. The number of thiazole rings is 1. The summed E-state index contributed by atoms with van der Waals surface area (Å²) in [5.41, 5.74) is 8.72. The molecule has 3 N–H and O–H groups in total. The second-order valence-corrected chi connectivity index (χ2v) is 8.38. The molecule has 1 unspecified atom stereocenters. The van der Waals surface area contributed by atoms with E-state index in [4.69, 9.17) is 10.7 Å². The molecule has 2 aliphatic carbocycles. The van der Waals surface area contributed by atoms with E-state index in [0.717, 1.165) is 30.3 Å². The normalized spacial score (nSPS) is 20.0. The fraction of sp³-hybridized carbons (Fsp3) is 0.500. The molecule has 0 bridgehead atoms. The van der Waals surface area contributed by atoms with Gasteiger partial charge < -0.3 is 11.1 Å². The third-order valence-electron chi connectivity index (χ3n) is 5.44. The molecule has 1 aromatic carbocycles. The van der Waals surface area contributed by atoms with Crippen LogP contribution in [-0.4, -0.2) is 17.5 Å². The van der Waals surface area contributed by atoms with Gasteiger partial charge in [-0.05, 0) is 49.5 Å². The number of aliphatic imine (C=N–C) groups is 1. The predicted molar refractivity (Wildman–Crippen MR) is 119 cm³/mol. The molecule has 4 rings (SSSR count). The first-order valence-electron chi connectivity index (χ1n) is 9.34. The summed E-state index contributed by atoms with van der Waals surface area (Å²) in [6.07, 6.45) is 7.37. The molecule has 6 heteroatoms. The topological polar surface area (TPSA) is 63.3 Å². The van der Waals surface area contributed by atoms with Gasteiger partial charge in [-0.1, -0.05) is 36.8 Å². The fourth-order valence-electron chi connectivity index (χ4n) is 3.66. The summed E-state index contributed by atoms with van der Waals surface area (Å²) in [6, 6.07) is 10.9. The van der Waals surface area contributed by atoms with Gasteiger partial charge in [0.15, 0.2) is 5.96 Å². The lowest BCUT2D eigenvalue weighted by Gasteiger charge is -2.25. The predicted octanol–water partition coefficient (Wildman–Crippen LogP) is 4.24. The average molecular weight is 482 g/mol. The van der Waals surface area contributed by atoms with E-state index < -0.39 is 0 Å². The van der Waals surface area contributed by atoms with E-state index in [1.165, 1.54) is 41.8 Å². The summed E-state index contributed by atoms with van der Waals surface area (Å²) in [4.78, 5) is 10.7. The maximum absolute atomic E-state index is 5.98. The molecule has 0 saturated heterocycles. The number of hydrogen-bond acceptors (Lipinski definition) is 3. The third-order valence-corrected chi connectivity index (χ3v) is 6.54. The number of rotatable bonds is 5. The average Bonchev–Trinajstić information content (AvgIpc) is 3.01. The van der Waals surface area contributed by atoms with E-state index in [9.17, 15) is 0 Å². The number of hydrogen-bond donors (Lipinski definition) is 2. The largest absolute Gasteiger partial charge is 0.370 e. The lowest BCUT2D eigenvalue weighted by molar-refractivity contribution is 0.315. The highest BCUT2D eigenvalue weighted by molar-refractivity contribution is 14.0. The van der Waals surface area contributed by atoms with Crippen LogP contribution in [0.15, 0.2) is 35.3 Å². The van der Waals surface area contributed by atoms with Gasteiger partial charge in [-0.25, -0.2) is 9.98 Å². The summed E-state index contributed by atoms with van der Waals surface area (Å²) >= 11 is 1.81. The monoisotopic (exact) mass is 482 g/mol. The van der Waals surface area contributed by atoms with E-state index in [1.807, 2.05) is 11.3 Å². The molecule has 2 aromatic rings. The molecule has 2 aliphatic rings. The smallest absolute Gasteiger partial charge is 0.189 e. The Morgan fingerprint density at radius 3 is 2.77 bits per heavy atom. The second-order valence-electron chi connectivity index (χ2n) is 7.21. The van der Waals surface area contributed by atoms with Gasteiger partial charge in [-0.3, -0.25) is 0 Å². The Bertz CT molecular complexity index is 740. The van der Waals surface area contributed by atoms with Crippen LogP contribution < -0.4 is 11.1 Å². The first kappa shape index (κ1) is 19.6. The molecule has 26 heavy (non-hydrogen) atoms. The number of halogens is 1. The molecule has 0 spiro atoms. The van der Waals surface area contributed by atoms with E-state index in [-0.39, 0.29) is 24.0 Å². The molecule has 1 heterocycles. The van der Waals surface area contributed by atoms with E-state index in [0.29, 0.717) is 18.4 Å². The van der Waals surface area contributed by atoms with Crippen LogP contribution in [0.25, 0.3) is 0 Å². The molecular formula is C20H27IN4S. The first-order valence-corrected chi connectivity index (χ1v) is 10.2. The molecule has 1 atom stereocenters. The number of nitrogens with one attached hydrogen (secondary N) is 1. The van der Waals surface area contributed by atoms with Crippen LogP contribution in [-0.2, 0) is 19.4 Å². The highest BCUT2D eigenvalue weighted by Gasteiger charge is 2.23. The minimum atomic E-state index is 0. The SMILES string of the molecule is I.NC(=NCc1nc2c(s1)CC(c1ccccc1)CC2)NCC1CCC1. The Hall–Kier alpha value is -1.15. The third kappa shape index (κ3) is 4.76. The summed E-state index contributed by atoms with van der Waals surface area (Å²) in [5.74, 6) is 1.97. The molecule has 0 aliphatic heterocycles. The van der Waals surface area contributed by atoms with Crippen LogP contribution >= 0.6 is 35.3 Å². The summed E-state index contributed by atoms with van der Waals surface area (Å²) < 4.78 is 0. The summed E-state index contributed by atoms with van der Waals surface area (Å²) in [6.45, 7) is 1.56. The molecule has 4 nitrogen and oxygen atoms in total. The van der Waals surface area contributed by atoms with Gasteiger partial charge in [0.2, 0.25) is 0 Å². The Morgan fingerprint density at radius 2 is 2.04 bits per heavy atom. The van der Waals surface area contributed by atoms with Gasteiger partial charge in [-0.2, -0.15) is 0 Å². The minimum Gasteiger partial charge on any atom is -0.370 e. The van der Waals surface area contributed by atoms with Gasteiger partial charge in [0.1, 0.15) is 5.01 Å². The Labute approximate surface area is 176 Å². The highest BCUT2D eigenvalue weighted by Crippen LogP contribution is 2.35. The zero-order chi connectivity index (χ0) is 17.1. The number of fused-ring (bicyclic) bond motifs is 1. The van der Waals surface area contributed by atoms with E-state index in [1.54, 1.807) is 0 Å². The van der Waals surface area contributed by atoms with Gasteiger partial charge in [0, 0.05) is 11.4 Å². The molecule has 0 amide bonds. The van der Waals surface area contributed by atoms with Crippen LogP contribution in [0.1, 0.15) is 52.7 Å². The number of nitrogens with two attached hydrogens (primary N) is 1. The van der Waals surface area contributed by atoms with Crippen molar-refractivity contribution in [2.45, 2.75) is 51.0 Å². The molecule has 0 radical (unpaired) electrons. The number of guanidine groups is 1. The molecular weight excluding hydrogens is 455 g/mol. The van der Waals surface area contributed by atoms with Crippen LogP contribution in [0.2, 0.25) is 0 Å². The summed E-state index contributed by atoms with van der Waals surface area (Å²) in [5, 5.41) is 4.34. The number of aryl methyl sites for hydroxylation is 1. The summed E-state index contributed by atoms with van der Waals surface area (Å²) in [7, 11) is 0. The van der Waals surface area contributed by atoms with Crippen molar-refractivity contribution in [3.05, 3.63) is 51.5 Å². The van der Waals surface area contributed by atoms with Crippen molar-refractivity contribution in [3.8, 4) is 0 Å². The minimum absolute atomic E-state index is 0. The maximum Gasteiger partial charge on any atom is 0.189 e. The van der Waals surface area contributed by atoms with Crippen molar-refractivity contribution in [3.63, 3.8) is 0 Å². The zero-order valence-electron chi connectivity index (χ0n) is 15.0. The quantitative estimate of drug-likeness (QED) is 0.381. The number of nitrogens with zero attached hydrogens (tertiary/aromatic N) is 2. The van der Waals surface area contributed by atoms with Crippen molar-refractivity contribution >= 4 is 41.3 Å². The van der Waals surface area contributed by atoms with E-state index in [2.05, 4.69) is 40.6 Å². The molecule has 140 valence electrons. The van der Waals surface area contributed by atoms with Gasteiger partial charge in [-0.15, -0.1) is 35.3 Å². The van der Waals surface area contributed by atoms with Crippen LogP contribution in [0.5, 0.6) is 0 Å². The van der Waals surface area contributed by atoms with Crippen LogP contribution in [0, 0.1) is 5.92 Å². The van der Waals surface area contributed by atoms with Crippen LogP contribution in [0.4, 0.5) is 0 Å². The van der Waals surface area contributed by atoms with Crippen molar-refractivity contribution < 1.29 is 0 Å². The lowest BCUT2D eigenvalue weighted by Crippen LogP contribution is -2.37. The lowest BCUT2D eigenvalue weighted by atomic mass is 9.85. The maximum atomic E-state index is 5.98. The van der Waals surface area contributed by atoms with E-state index >= 15 is 0 Å². The second kappa shape index (κ2) is 9.17. The Morgan fingerprint density at radius 1 is 1.23 bits per heavy atom.